The van der Waals surface area contributed by atoms with E-state index in [9.17, 15) is 13.2 Å². The largest absolute Gasteiger partial charge is 0.410 e. The lowest BCUT2D eigenvalue weighted by atomic mass is 9.85. The zero-order valence-corrected chi connectivity index (χ0v) is 14.2. The highest BCUT2D eigenvalue weighted by molar-refractivity contribution is 5.54. The van der Waals surface area contributed by atoms with Gasteiger partial charge in [0.15, 0.2) is 6.04 Å². The van der Waals surface area contributed by atoms with Gasteiger partial charge in [0.25, 0.3) is 0 Å². The van der Waals surface area contributed by atoms with Crippen molar-refractivity contribution in [2.45, 2.75) is 50.9 Å². The number of anilines is 1. The van der Waals surface area contributed by atoms with Crippen molar-refractivity contribution in [1.82, 2.24) is 9.78 Å². The van der Waals surface area contributed by atoms with Crippen molar-refractivity contribution < 1.29 is 13.2 Å². The SMILES string of the molecule is CC(C)(C)c1ccc(C2CC(C(F)(F)F)n3ncc(C#N)c3N2)cc1. The topological polar surface area (TPSA) is 53.6 Å². The molecule has 0 saturated carbocycles. The molecule has 0 saturated heterocycles. The van der Waals surface area contributed by atoms with Gasteiger partial charge in [-0.05, 0) is 16.5 Å². The highest BCUT2D eigenvalue weighted by Gasteiger charge is 2.46. The fraction of sp³-hybridized carbons (Fsp3) is 0.444. The Bertz CT molecular complexity index is 807. The third-order valence-electron chi connectivity index (χ3n) is 4.54. The van der Waals surface area contributed by atoms with Crippen molar-refractivity contribution in [2.24, 2.45) is 0 Å². The van der Waals surface area contributed by atoms with E-state index in [2.05, 4.69) is 31.2 Å². The van der Waals surface area contributed by atoms with Gasteiger partial charge in [0, 0.05) is 6.42 Å². The molecule has 1 aliphatic heterocycles. The highest BCUT2D eigenvalue weighted by Crippen LogP contribution is 2.44. The Labute approximate surface area is 144 Å². The van der Waals surface area contributed by atoms with Gasteiger partial charge in [-0.3, -0.25) is 0 Å². The molecule has 1 N–H and O–H groups in total. The first-order valence-electron chi connectivity index (χ1n) is 8.02. The summed E-state index contributed by atoms with van der Waals surface area (Å²) in [5, 5.41) is 15.9. The van der Waals surface area contributed by atoms with Crippen LogP contribution in [-0.2, 0) is 5.41 Å². The standard InChI is InChI=1S/C18H19F3N4/c1-17(2,3)13-6-4-11(5-7-13)14-8-15(18(19,20)21)25-16(24-14)12(9-22)10-23-25/h4-7,10,14-15,24H,8H2,1-3H3. The Morgan fingerprint density at radius 1 is 1.20 bits per heavy atom. The summed E-state index contributed by atoms with van der Waals surface area (Å²) in [6.07, 6.45) is -3.43. The fourth-order valence-corrected chi connectivity index (χ4v) is 3.08. The van der Waals surface area contributed by atoms with Crippen LogP contribution in [0.25, 0.3) is 0 Å². The maximum atomic E-state index is 13.5. The summed E-state index contributed by atoms with van der Waals surface area (Å²) in [5.41, 5.74) is 1.96. The summed E-state index contributed by atoms with van der Waals surface area (Å²) in [4.78, 5) is 0. The van der Waals surface area contributed by atoms with Crippen LogP contribution in [0.2, 0.25) is 0 Å². The van der Waals surface area contributed by atoms with E-state index in [1.165, 1.54) is 6.20 Å². The average molecular weight is 348 g/mol. The van der Waals surface area contributed by atoms with Crippen LogP contribution in [0.5, 0.6) is 0 Å². The lowest BCUT2D eigenvalue weighted by molar-refractivity contribution is -0.173. The monoisotopic (exact) mass is 348 g/mol. The Morgan fingerprint density at radius 2 is 1.84 bits per heavy atom. The molecule has 0 amide bonds. The summed E-state index contributed by atoms with van der Waals surface area (Å²) in [6, 6.07) is 7.20. The summed E-state index contributed by atoms with van der Waals surface area (Å²) in [7, 11) is 0. The van der Waals surface area contributed by atoms with E-state index in [1.807, 2.05) is 30.3 Å². The molecule has 0 fully saturated rings. The molecule has 3 rings (SSSR count). The Balaban J connectivity index is 1.98. The number of halogens is 3. The maximum Gasteiger partial charge on any atom is 0.410 e. The van der Waals surface area contributed by atoms with E-state index >= 15 is 0 Å². The van der Waals surface area contributed by atoms with Gasteiger partial charge < -0.3 is 5.32 Å². The molecule has 2 atom stereocenters. The van der Waals surface area contributed by atoms with Gasteiger partial charge >= 0.3 is 6.18 Å². The number of hydrogen-bond donors (Lipinski definition) is 1. The molecule has 25 heavy (non-hydrogen) atoms. The Kier molecular flexibility index (Phi) is 4.02. The quantitative estimate of drug-likeness (QED) is 0.812. The molecular formula is C18H19F3N4. The molecule has 1 aromatic carbocycles. The number of nitriles is 1. The number of alkyl halides is 3. The molecule has 0 spiro atoms. The zero-order chi connectivity index (χ0) is 18.4. The summed E-state index contributed by atoms with van der Waals surface area (Å²) in [6.45, 7) is 6.24. The van der Waals surface area contributed by atoms with Gasteiger partial charge in [0.2, 0.25) is 0 Å². The molecule has 0 radical (unpaired) electrons. The Hall–Kier alpha value is -2.49. The lowest BCUT2D eigenvalue weighted by Gasteiger charge is -2.34. The van der Waals surface area contributed by atoms with Crippen molar-refractivity contribution >= 4 is 5.82 Å². The zero-order valence-electron chi connectivity index (χ0n) is 14.2. The predicted octanol–water partition coefficient (Wildman–Crippen LogP) is 4.71. The van der Waals surface area contributed by atoms with Crippen molar-refractivity contribution in [3.63, 3.8) is 0 Å². The lowest BCUT2D eigenvalue weighted by Crippen LogP contribution is -2.35. The van der Waals surface area contributed by atoms with Crippen LogP contribution < -0.4 is 5.32 Å². The van der Waals surface area contributed by atoms with E-state index in [4.69, 9.17) is 5.26 Å². The van der Waals surface area contributed by atoms with Gasteiger partial charge in [-0.2, -0.15) is 23.5 Å². The van der Waals surface area contributed by atoms with E-state index in [-0.39, 0.29) is 23.2 Å². The van der Waals surface area contributed by atoms with Crippen molar-refractivity contribution in [1.29, 1.82) is 5.26 Å². The van der Waals surface area contributed by atoms with Gasteiger partial charge in [-0.15, -0.1) is 0 Å². The van der Waals surface area contributed by atoms with Crippen LogP contribution in [0.1, 0.15) is 56.0 Å². The van der Waals surface area contributed by atoms with Crippen LogP contribution in [0.15, 0.2) is 30.5 Å². The molecule has 7 heteroatoms. The molecule has 0 bridgehead atoms. The first-order valence-corrected chi connectivity index (χ1v) is 8.02. The number of benzene rings is 1. The number of hydrogen-bond acceptors (Lipinski definition) is 3. The predicted molar refractivity (Wildman–Crippen MR) is 88.2 cm³/mol. The van der Waals surface area contributed by atoms with Gasteiger partial charge in [0.1, 0.15) is 17.5 Å². The minimum atomic E-state index is -4.43. The van der Waals surface area contributed by atoms with Crippen molar-refractivity contribution in [2.75, 3.05) is 5.32 Å². The molecule has 2 unspecified atom stereocenters. The second kappa shape index (κ2) is 5.80. The summed E-state index contributed by atoms with van der Waals surface area (Å²) in [5.74, 6) is 0.126. The molecule has 0 aliphatic carbocycles. The van der Waals surface area contributed by atoms with E-state index in [0.29, 0.717) is 0 Å². The molecular weight excluding hydrogens is 329 g/mol. The number of nitrogens with zero attached hydrogens (tertiary/aromatic N) is 3. The summed E-state index contributed by atoms with van der Waals surface area (Å²) < 4.78 is 41.3. The number of aromatic nitrogens is 2. The normalized spacial score (nSPS) is 20.5. The number of rotatable bonds is 1. The molecule has 2 aromatic rings. The third kappa shape index (κ3) is 3.21. The molecule has 1 aliphatic rings. The molecule has 4 nitrogen and oxygen atoms in total. The fourth-order valence-electron chi connectivity index (χ4n) is 3.08. The average Bonchev–Trinajstić information content (AvgIpc) is 2.95. The highest BCUT2D eigenvalue weighted by atomic mass is 19.4. The first kappa shape index (κ1) is 17.3. The molecule has 2 heterocycles. The minimum absolute atomic E-state index is 0.0281. The number of fused-ring (bicyclic) bond motifs is 1. The third-order valence-corrected chi connectivity index (χ3v) is 4.54. The van der Waals surface area contributed by atoms with Crippen LogP contribution in [0.3, 0.4) is 0 Å². The van der Waals surface area contributed by atoms with Crippen molar-refractivity contribution in [3.05, 3.63) is 47.2 Å². The van der Waals surface area contributed by atoms with E-state index < -0.39 is 18.3 Å². The minimum Gasteiger partial charge on any atom is -0.362 e. The van der Waals surface area contributed by atoms with Crippen LogP contribution in [0.4, 0.5) is 19.0 Å². The Morgan fingerprint density at radius 3 is 2.36 bits per heavy atom. The van der Waals surface area contributed by atoms with Crippen LogP contribution >= 0.6 is 0 Å². The number of nitrogens with one attached hydrogen (secondary N) is 1. The smallest absolute Gasteiger partial charge is 0.362 e. The van der Waals surface area contributed by atoms with Gasteiger partial charge in [-0.25, -0.2) is 4.68 Å². The van der Waals surface area contributed by atoms with Crippen molar-refractivity contribution in [3.8, 4) is 6.07 Å². The second-order valence-electron chi connectivity index (χ2n) is 7.33. The second-order valence-corrected chi connectivity index (χ2v) is 7.33. The van der Waals surface area contributed by atoms with E-state index in [1.54, 1.807) is 0 Å². The molecule has 1 aromatic heterocycles. The molecule has 132 valence electrons. The van der Waals surface area contributed by atoms with Gasteiger partial charge in [-0.1, -0.05) is 45.0 Å². The van der Waals surface area contributed by atoms with Crippen LogP contribution in [0, 0.1) is 11.3 Å². The first-order chi connectivity index (χ1) is 11.6. The van der Waals surface area contributed by atoms with E-state index in [0.717, 1.165) is 15.8 Å². The maximum absolute atomic E-state index is 13.5. The van der Waals surface area contributed by atoms with Gasteiger partial charge in [0.05, 0.1) is 12.2 Å². The van der Waals surface area contributed by atoms with Crippen LogP contribution in [-0.4, -0.2) is 16.0 Å². The summed E-state index contributed by atoms with van der Waals surface area (Å²) >= 11 is 0.